The highest BCUT2D eigenvalue weighted by Gasteiger charge is 2.25. The topological polar surface area (TPSA) is 49.4 Å². The maximum absolute atomic E-state index is 12.2. The minimum absolute atomic E-state index is 0.000797. The second-order valence-electron chi connectivity index (χ2n) is 5.82. The Bertz CT molecular complexity index is 711. The summed E-state index contributed by atoms with van der Waals surface area (Å²) in [5.41, 5.74) is 0.584. The largest absolute Gasteiger partial charge is 0.343 e. The summed E-state index contributed by atoms with van der Waals surface area (Å²) in [6.07, 6.45) is 2.09. The van der Waals surface area contributed by atoms with Crippen LogP contribution < -0.4 is 5.32 Å². The Morgan fingerprint density at radius 3 is 2.68 bits per heavy atom. The number of nitrogens with one attached hydrogen (secondary N) is 1. The monoisotopic (exact) mass is 296 g/mol. The molecule has 1 atom stereocenters. The lowest BCUT2D eigenvalue weighted by Gasteiger charge is -2.21. The minimum Gasteiger partial charge on any atom is -0.343 e. The number of hydrogen-bond donors (Lipinski definition) is 1. The molecule has 1 unspecified atom stereocenters. The second kappa shape index (κ2) is 6.18. The number of hydrogen-bond acceptors (Lipinski definition) is 2. The van der Waals surface area contributed by atoms with E-state index in [1.165, 1.54) is 0 Å². The van der Waals surface area contributed by atoms with Crippen molar-refractivity contribution in [2.45, 2.75) is 25.8 Å². The molecule has 0 saturated carbocycles. The average molecular weight is 296 g/mol. The first-order chi connectivity index (χ1) is 10.6. The standard InChI is InChI=1S/C18H20N2O2/c1-13-5-4-10-20(13)17(21)12-19-18(22)16-9-8-14-6-2-3-7-15(14)11-16/h2-3,6-9,11,13H,4-5,10,12H2,1H3,(H,19,22). The van der Waals surface area contributed by atoms with Gasteiger partial charge in [0.25, 0.3) is 5.91 Å². The molecular weight excluding hydrogens is 276 g/mol. The van der Waals surface area contributed by atoms with E-state index in [2.05, 4.69) is 12.2 Å². The molecule has 1 aliphatic heterocycles. The van der Waals surface area contributed by atoms with E-state index < -0.39 is 0 Å². The Kier molecular flexibility index (Phi) is 4.09. The Labute approximate surface area is 130 Å². The van der Waals surface area contributed by atoms with Gasteiger partial charge in [0.15, 0.2) is 0 Å². The van der Waals surface area contributed by atoms with Gasteiger partial charge in [-0.1, -0.05) is 30.3 Å². The van der Waals surface area contributed by atoms with E-state index in [0.29, 0.717) is 5.56 Å². The fraction of sp³-hybridized carbons (Fsp3) is 0.333. The van der Waals surface area contributed by atoms with Gasteiger partial charge in [-0.15, -0.1) is 0 Å². The summed E-state index contributed by atoms with van der Waals surface area (Å²) in [4.78, 5) is 26.2. The Morgan fingerprint density at radius 2 is 1.95 bits per heavy atom. The van der Waals surface area contributed by atoms with Crippen molar-refractivity contribution < 1.29 is 9.59 Å². The van der Waals surface area contributed by atoms with Crippen LogP contribution in [-0.4, -0.2) is 35.8 Å². The van der Waals surface area contributed by atoms with Gasteiger partial charge >= 0.3 is 0 Å². The molecule has 114 valence electrons. The lowest BCUT2D eigenvalue weighted by molar-refractivity contribution is -0.130. The van der Waals surface area contributed by atoms with Crippen LogP contribution in [0.25, 0.3) is 10.8 Å². The van der Waals surface area contributed by atoms with E-state index in [9.17, 15) is 9.59 Å². The Balaban J connectivity index is 1.64. The molecule has 0 bridgehead atoms. The van der Waals surface area contributed by atoms with Crippen molar-refractivity contribution in [3.05, 3.63) is 48.0 Å². The van der Waals surface area contributed by atoms with E-state index in [1.807, 2.05) is 41.3 Å². The Morgan fingerprint density at radius 1 is 1.18 bits per heavy atom. The molecule has 0 radical (unpaired) electrons. The lowest BCUT2D eigenvalue weighted by Crippen LogP contribution is -2.41. The predicted molar refractivity (Wildman–Crippen MR) is 86.7 cm³/mol. The first kappa shape index (κ1) is 14.6. The number of amides is 2. The van der Waals surface area contributed by atoms with Crippen LogP contribution in [0.1, 0.15) is 30.1 Å². The SMILES string of the molecule is CC1CCCN1C(=O)CNC(=O)c1ccc2ccccc2c1. The molecule has 1 fully saturated rings. The van der Waals surface area contributed by atoms with Crippen LogP contribution in [0.3, 0.4) is 0 Å². The van der Waals surface area contributed by atoms with Crippen LogP contribution in [0.2, 0.25) is 0 Å². The summed E-state index contributed by atoms with van der Waals surface area (Å²) in [7, 11) is 0. The zero-order valence-electron chi connectivity index (χ0n) is 12.7. The van der Waals surface area contributed by atoms with Crippen molar-refractivity contribution in [2.24, 2.45) is 0 Å². The molecule has 1 N–H and O–H groups in total. The molecular formula is C18H20N2O2. The molecule has 2 amide bonds. The zero-order chi connectivity index (χ0) is 15.5. The third-order valence-electron chi connectivity index (χ3n) is 4.29. The Hall–Kier alpha value is -2.36. The minimum atomic E-state index is -0.203. The molecule has 0 aromatic heterocycles. The number of rotatable bonds is 3. The molecule has 0 aliphatic carbocycles. The summed E-state index contributed by atoms with van der Waals surface area (Å²) >= 11 is 0. The van der Waals surface area contributed by atoms with Crippen LogP contribution in [0.5, 0.6) is 0 Å². The van der Waals surface area contributed by atoms with Gasteiger partial charge in [0.2, 0.25) is 5.91 Å². The zero-order valence-corrected chi connectivity index (χ0v) is 12.7. The normalized spacial score (nSPS) is 17.7. The third-order valence-corrected chi connectivity index (χ3v) is 4.29. The van der Waals surface area contributed by atoms with Crippen molar-refractivity contribution in [3.8, 4) is 0 Å². The average Bonchev–Trinajstić information content (AvgIpc) is 2.98. The van der Waals surface area contributed by atoms with Gasteiger partial charge in [0.1, 0.15) is 0 Å². The van der Waals surface area contributed by atoms with E-state index >= 15 is 0 Å². The van der Waals surface area contributed by atoms with E-state index in [-0.39, 0.29) is 24.4 Å². The highest BCUT2D eigenvalue weighted by Crippen LogP contribution is 2.17. The highest BCUT2D eigenvalue weighted by molar-refractivity contribution is 6.00. The molecule has 2 aromatic carbocycles. The number of nitrogens with zero attached hydrogens (tertiary/aromatic N) is 1. The van der Waals surface area contributed by atoms with E-state index in [1.54, 1.807) is 6.07 Å². The fourth-order valence-electron chi connectivity index (χ4n) is 2.99. The van der Waals surface area contributed by atoms with Gasteiger partial charge in [-0.05, 0) is 42.7 Å². The molecule has 1 aliphatic rings. The lowest BCUT2D eigenvalue weighted by atomic mass is 10.1. The summed E-state index contributed by atoms with van der Waals surface area (Å²) in [5, 5.41) is 4.85. The molecule has 4 heteroatoms. The maximum atomic E-state index is 12.2. The fourth-order valence-corrected chi connectivity index (χ4v) is 2.99. The number of carbonyl (C=O) groups excluding carboxylic acids is 2. The van der Waals surface area contributed by atoms with Gasteiger partial charge in [-0.2, -0.15) is 0 Å². The maximum Gasteiger partial charge on any atom is 0.251 e. The quantitative estimate of drug-likeness (QED) is 0.946. The van der Waals surface area contributed by atoms with Gasteiger partial charge in [0.05, 0.1) is 6.54 Å². The number of carbonyl (C=O) groups is 2. The summed E-state index contributed by atoms with van der Waals surface area (Å²) in [5.74, 6) is -0.204. The van der Waals surface area contributed by atoms with Crippen molar-refractivity contribution in [1.82, 2.24) is 10.2 Å². The predicted octanol–water partition coefficient (Wildman–Crippen LogP) is 2.58. The third kappa shape index (κ3) is 2.96. The first-order valence-corrected chi connectivity index (χ1v) is 7.71. The number of likely N-dealkylation sites (tertiary alicyclic amines) is 1. The van der Waals surface area contributed by atoms with Gasteiger partial charge < -0.3 is 10.2 Å². The van der Waals surface area contributed by atoms with E-state index in [4.69, 9.17) is 0 Å². The van der Waals surface area contributed by atoms with Gasteiger partial charge in [0, 0.05) is 18.2 Å². The summed E-state index contributed by atoms with van der Waals surface area (Å²) in [6, 6.07) is 13.8. The molecule has 1 heterocycles. The number of benzene rings is 2. The van der Waals surface area contributed by atoms with E-state index in [0.717, 1.165) is 30.2 Å². The van der Waals surface area contributed by atoms with Crippen LogP contribution in [0, 0.1) is 0 Å². The number of fused-ring (bicyclic) bond motifs is 1. The van der Waals surface area contributed by atoms with Gasteiger partial charge in [-0.3, -0.25) is 9.59 Å². The molecule has 4 nitrogen and oxygen atoms in total. The molecule has 1 saturated heterocycles. The summed E-state index contributed by atoms with van der Waals surface area (Å²) in [6.45, 7) is 2.91. The first-order valence-electron chi connectivity index (χ1n) is 7.71. The molecule has 0 spiro atoms. The van der Waals surface area contributed by atoms with Crippen molar-refractivity contribution in [2.75, 3.05) is 13.1 Å². The smallest absolute Gasteiger partial charge is 0.251 e. The van der Waals surface area contributed by atoms with Crippen LogP contribution in [-0.2, 0) is 4.79 Å². The summed E-state index contributed by atoms with van der Waals surface area (Å²) < 4.78 is 0. The van der Waals surface area contributed by atoms with Crippen molar-refractivity contribution >= 4 is 22.6 Å². The molecule has 22 heavy (non-hydrogen) atoms. The second-order valence-corrected chi connectivity index (χ2v) is 5.82. The van der Waals surface area contributed by atoms with Crippen molar-refractivity contribution in [1.29, 1.82) is 0 Å². The van der Waals surface area contributed by atoms with Crippen molar-refractivity contribution in [3.63, 3.8) is 0 Å². The van der Waals surface area contributed by atoms with Crippen LogP contribution in [0.4, 0.5) is 0 Å². The molecule has 3 rings (SSSR count). The van der Waals surface area contributed by atoms with Crippen LogP contribution >= 0.6 is 0 Å². The highest BCUT2D eigenvalue weighted by atomic mass is 16.2. The van der Waals surface area contributed by atoms with Crippen LogP contribution in [0.15, 0.2) is 42.5 Å². The molecule has 2 aromatic rings. The van der Waals surface area contributed by atoms with Gasteiger partial charge in [-0.25, -0.2) is 0 Å².